The Kier molecular flexibility index (Phi) is 5.55. The molecule has 112 valence electrons. The van der Waals surface area contributed by atoms with Crippen molar-refractivity contribution in [2.24, 2.45) is 0 Å². The lowest BCUT2D eigenvalue weighted by Gasteiger charge is -2.37. The maximum atomic E-state index is 13.9. The summed E-state index contributed by atoms with van der Waals surface area (Å²) in [5.74, 6) is -0.111. The fourth-order valence-electron chi connectivity index (χ4n) is 3.31. The third-order valence-corrected chi connectivity index (χ3v) is 4.51. The average molecular weight is 279 g/mol. The third kappa shape index (κ3) is 3.39. The average Bonchev–Trinajstić information content (AvgIpc) is 2.95. The Morgan fingerprint density at radius 3 is 2.60 bits per heavy atom. The molecule has 0 aliphatic heterocycles. The molecule has 1 aliphatic carbocycles. The first-order chi connectivity index (χ1) is 9.72. The van der Waals surface area contributed by atoms with Crippen molar-refractivity contribution in [2.75, 3.05) is 13.7 Å². The van der Waals surface area contributed by atoms with Crippen LogP contribution in [0.2, 0.25) is 0 Å². The van der Waals surface area contributed by atoms with Gasteiger partial charge < -0.3 is 10.1 Å². The number of hydrogen-bond donors (Lipinski definition) is 1. The zero-order chi connectivity index (χ0) is 14.4. The molecule has 0 radical (unpaired) electrons. The molecule has 0 saturated heterocycles. The molecule has 1 atom stereocenters. The zero-order valence-corrected chi connectivity index (χ0v) is 12.6. The summed E-state index contributed by atoms with van der Waals surface area (Å²) in [6.07, 6.45) is 6.32. The first-order valence-corrected chi connectivity index (χ1v) is 7.74. The topological polar surface area (TPSA) is 21.3 Å². The van der Waals surface area contributed by atoms with Gasteiger partial charge in [-0.05, 0) is 43.9 Å². The van der Waals surface area contributed by atoms with Crippen LogP contribution in [0.15, 0.2) is 24.3 Å². The zero-order valence-electron chi connectivity index (χ0n) is 12.6. The Morgan fingerprint density at radius 2 is 2.00 bits per heavy atom. The van der Waals surface area contributed by atoms with Crippen LogP contribution in [-0.2, 0) is 11.2 Å². The van der Waals surface area contributed by atoms with Crippen molar-refractivity contribution >= 4 is 0 Å². The minimum atomic E-state index is -0.128. The molecule has 0 amide bonds. The van der Waals surface area contributed by atoms with Crippen LogP contribution in [0.1, 0.15) is 44.6 Å². The van der Waals surface area contributed by atoms with E-state index in [0.717, 1.165) is 31.4 Å². The third-order valence-electron chi connectivity index (χ3n) is 4.51. The molecule has 1 aromatic carbocycles. The van der Waals surface area contributed by atoms with Crippen molar-refractivity contribution in [3.8, 4) is 0 Å². The predicted octanol–water partition coefficient (Wildman–Crippen LogP) is 3.70. The standard InChI is InChI=1S/C17H26FNO/c1-3-12-19-16(17(20-2)10-6-7-11-17)13-14-8-4-5-9-15(14)18/h4-5,8-9,16,19H,3,6-7,10-13H2,1-2H3. The van der Waals surface area contributed by atoms with Gasteiger partial charge in [-0.25, -0.2) is 4.39 Å². The highest BCUT2D eigenvalue weighted by molar-refractivity contribution is 5.20. The van der Waals surface area contributed by atoms with E-state index in [1.54, 1.807) is 19.2 Å². The van der Waals surface area contributed by atoms with Crippen molar-refractivity contribution in [3.05, 3.63) is 35.6 Å². The Bertz CT molecular complexity index is 415. The van der Waals surface area contributed by atoms with Crippen LogP contribution in [0.5, 0.6) is 0 Å². The maximum absolute atomic E-state index is 13.9. The largest absolute Gasteiger partial charge is 0.377 e. The van der Waals surface area contributed by atoms with E-state index in [1.165, 1.54) is 12.8 Å². The Balaban J connectivity index is 2.17. The highest BCUT2D eigenvalue weighted by atomic mass is 19.1. The minimum Gasteiger partial charge on any atom is -0.377 e. The lowest BCUT2D eigenvalue weighted by atomic mass is 9.87. The highest BCUT2D eigenvalue weighted by Crippen LogP contribution is 2.37. The summed E-state index contributed by atoms with van der Waals surface area (Å²) in [6, 6.07) is 7.26. The Labute approximate surface area is 121 Å². The summed E-state index contributed by atoms with van der Waals surface area (Å²) >= 11 is 0. The number of nitrogens with one attached hydrogen (secondary N) is 1. The second-order valence-corrected chi connectivity index (χ2v) is 5.78. The quantitative estimate of drug-likeness (QED) is 0.822. The van der Waals surface area contributed by atoms with Crippen molar-refractivity contribution in [3.63, 3.8) is 0 Å². The normalized spacial score (nSPS) is 19.1. The number of methoxy groups -OCH3 is 1. The number of halogens is 1. The molecule has 2 nitrogen and oxygen atoms in total. The second kappa shape index (κ2) is 7.19. The van der Waals surface area contributed by atoms with E-state index in [4.69, 9.17) is 4.74 Å². The Hall–Kier alpha value is -0.930. The Morgan fingerprint density at radius 1 is 1.30 bits per heavy atom. The molecule has 2 rings (SSSR count). The molecule has 20 heavy (non-hydrogen) atoms. The monoisotopic (exact) mass is 279 g/mol. The number of benzene rings is 1. The van der Waals surface area contributed by atoms with Gasteiger partial charge in [-0.15, -0.1) is 0 Å². The number of ether oxygens (including phenoxy) is 1. The fourth-order valence-corrected chi connectivity index (χ4v) is 3.31. The molecule has 0 bridgehead atoms. The molecule has 1 N–H and O–H groups in total. The highest BCUT2D eigenvalue weighted by Gasteiger charge is 2.41. The van der Waals surface area contributed by atoms with Gasteiger partial charge in [0.25, 0.3) is 0 Å². The van der Waals surface area contributed by atoms with Gasteiger partial charge in [-0.2, -0.15) is 0 Å². The van der Waals surface area contributed by atoms with Crippen LogP contribution in [0.4, 0.5) is 4.39 Å². The molecule has 1 aromatic rings. The van der Waals surface area contributed by atoms with Crippen LogP contribution in [0, 0.1) is 5.82 Å². The van der Waals surface area contributed by atoms with E-state index in [-0.39, 0.29) is 17.5 Å². The summed E-state index contributed by atoms with van der Waals surface area (Å²) in [6.45, 7) is 3.10. The fraction of sp³-hybridized carbons (Fsp3) is 0.647. The maximum Gasteiger partial charge on any atom is 0.126 e. The van der Waals surface area contributed by atoms with E-state index in [1.807, 2.05) is 12.1 Å². The van der Waals surface area contributed by atoms with Gasteiger partial charge in [0.05, 0.1) is 5.60 Å². The van der Waals surface area contributed by atoms with Crippen LogP contribution < -0.4 is 5.32 Å². The van der Waals surface area contributed by atoms with Gasteiger partial charge in [-0.3, -0.25) is 0 Å². The van der Waals surface area contributed by atoms with Gasteiger partial charge in [0, 0.05) is 13.2 Å². The van der Waals surface area contributed by atoms with Crippen LogP contribution in [0.3, 0.4) is 0 Å². The van der Waals surface area contributed by atoms with Crippen LogP contribution in [-0.4, -0.2) is 25.3 Å². The van der Waals surface area contributed by atoms with Gasteiger partial charge in [0.1, 0.15) is 5.82 Å². The molecule has 0 heterocycles. The molecule has 1 saturated carbocycles. The predicted molar refractivity (Wildman–Crippen MR) is 80.4 cm³/mol. The van der Waals surface area contributed by atoms with E-state index in [0.29, 0.717) is 6.42 Å². The molecule has 1 fully saturated rings. The summed E-state index contributed by atoms with van der Waals surface area (Å²) in [5, 5.41) is 3.59. The molecule has 1 unspecified atom stereocenters. The first kappa shape index (κ1) is 15.5. The van der Waals surface area contributed by atoms with Gasteiger partial charge in [0.2, 0.25) is 0 Å². The minimum absolute atomic E-state index is 0.111. The van der Waals surface area contributed by atoms with Gasteiger partial charge >= 0.3 is 0 Å². The van der Waals surface area contributed by atoms with E-state index < -0.39 is 0 Å². The van der Waals surface area contributed by atoms with E-state index in [2.05, 4.69) is 12.2 Å². The van der Waals surface area contributed by atoms with Crippen molar-refractivity contribution in [2.45, 2.75) is 57.1 Å². The summed E-state index contributed by atoms with van der Waals surface area (Å²) < 4.78 is 19.8. The lowest BCUT2D eigenvalue weighted by Crippen LogP contribution is -2.52. The molecule has 3 heteroatoms. The van der Waals surface area contributed by atoms with Crippen molar-refractivity contribution < 1.29 is 9.13 Å². The summed E-state index contributed by atoms with van der Waals surface area (Å²) in [4.78, 5) is 0. The second-order valence-electron chi connectivity index (χ2n) is 5.78. The summed E-state index contributed by atoms with van der Waals surface area (Å²) in [5.41, 5.74) is 0.654. The molecular weight excluding hydrogens is 253 g/mol. The van der Waals surface area contributed by atoms with Gasteiger partial charge in [0.15, 0.2) is 0 Å². The molecule has 1 aliphatic rings. The van der Waals surface area contributed by atoms with E-state index in [9.17, 15) is 4.39 Å². The number of rotatable bonds is 7. The van der Waals surface area contributed by atoms with E-state index >= 15 is 0 Å². The lowest BCUT2D eigenvalue weighted by molar-refractivity contribution is -0.0356. The summed E-state index contributed by atoms with van der Waals surface area (Å²) in [7, 11) is 1.80. The van der Waals surface area contributed by atoms with Crippen LogP contribution in [0.25, 0.3) is 0 Å². The van der Waals surface area contributed by atoms with Gasteiger partial charge in [-0.1, -0.05) is 38.0 Å². The van der Waals surface area contributed by atoms with Crippen molar-refractivity contribution in [1.29, 1.82) is 0 Å². The SMILES string of the molecule is CCCNC(Cc1ccccc1F)C1(OC)CCCC1. The smallest absolute Gasteiger partial charge is 0.126 e. The first-order valence-electron chi connectivity index (χ1n) is 7.74. The molecular formula is C17H26FNO. The van der Waals surface area contributed by atoms with Crippen molar-refractivity contribution in [1.82, 2.24) is 5.32 Å². The molecule has 0 spiro atoms. The molecule has 0 aromatic heterocycles. The van der Waals surface area contributed by atoms with Crippen LogP contribution >= 0.6 is 0 Å². The number of hydrogen-bond acceptors (Lipinski definition) is 2.